The predicted octanol–water partition coefficient (Wildman–Crippen LogP) is 5.11. The number of fused-ring (bicyclic) bond motifs is 4. The van der Waals surface area contributed by atoms with Gasteiger partial charge in [0.05, 0.1) is 56.7 Å². The Morgan fingerprint density at radius 2 is 1.82 bits per heavy atom. The number of hydrogen-bond donors (Lipinski definition) is 2. The van der Waals surface area contributed by atoms with Crippen LogP contribution in [-0.4, -0.2) is 106 Å². The van der Waals surface area contributed by atoms with E-state index in [9.17, 15) is 10.2 Å². The average Bonchev–Trinajstić information content (AvgIpc) is 3.51. The first-order valence-electron chi connectivity index (χ1n) is 17.9. The van der Waals surface area contributed by atoms with E-state index in [1.165, 1.54) is 16.6 Å². The van der Waals surface area contributed by atoms with Gasteiger partial charge < -0.3 is 34.2 Å². The summed E-state index contributed by atoms with van der Waals surface area (Å²) in [5.41, 5.74) is 0.323. The second-order valence-corrected chi connectivity index (χ2v) is 15.5. The van der Waals surface area contributed by atoms with Crippen molar-refractivity contribution in [2.24, 2.45) is 10.8 Å². The number of pyridine rings is 1. The fourth-order valence-corrected chi connectivity index (χ4v) is 8.45. The molecule has 4 aliphatic rings. The molecule has 1 atom stereocenters. The van der Waals surface area contributed by atoms with E-state index in [0.29, 0.717) is 70.2 Å². The number of phenols is 1. The maximum Gasteiger partial charge on any atom is 0.319 e. The van der Waals surface area contributed by atoms with Crippen LogP contribution in [0, 0.1) is 22.5 Å². The molecule has 0 bridgehead atoms. The summed E-state index contributed by atoms with van der Waals surface area (Å²) in [5, 5.41) is 28.0. The SMILES string of the molecule is CCc1c(F)ccc2cc(O)cc(-c3c(F)c4nc(OCC5(CN6CCC7(COC7)C6)CC5)nc(N5CCOCC(C)(O)C5)c4c4ccnn34)c12. The van der Waals surface area contributed by atoms with Gasteiger partial charge in [-0.1, -0.05) is 13.0 Å². The van der Waals surface area contributed by atoms with E-state index in [4.69, 9.17) is 24.2 Å². The fourth-order valence-electron chi connectivity index (χ4n) is 8.45. The van der Waals surface area contributed by atoms with Gasteiger partial charge in [0.25, 0.3) is 0 Å². The van der Waals surface area contributed by atoms with Crippen molar-refractivity contribution in [2.45, 2.75) is 45.1 Å². The number of aryl methyl sites for hydroxylation is 1. The summed E-state index contributed by atoms with van der Waals surface area (Å²) >= 11 is 0. The van der Waals surface area contributed by atoms with Gasteiger partial charge in [-0.3, -0.25) is 0 Å². The van der Waals surface area contributed by atoms with Gasteiger partial charge in [-0.05, 0) is 79.8 Å². The van der Waals surface area contributed by atoms with E-state index in [0.717, 1.165) is 52.1 Å². The molecule has 3 saturated heterocycles. The largest absolute Gasteiger partial charge is 0.508 e. The molecule has 0 radical (unpaired) electrons. The quantitative estimate of drug-likeness (QED) is 0.226. The minimum absolute atomic E-state index is 0.00469. The average molecular weight is 701 g/mol. The van der Waals surface area contributed by atoms with E-state index in [1.807, 2.05) is 11.8 Å². The van der Waals surface area contributed by atoms with Crippen molar-refractivity contribution in [3.05, 3.63) is 53.7 Å². The number of phenolic OH excluding ortho intramolecular Hbond substituents is 1. The highest BCUT2D eigenvalue weighted by atomic mass is 19.1. The Bertz CT molecular complexity index is 2180. The van der Waals surface area contributed by atoms with Crippen LogP contribution >= 0.6 is 0 Å². The van der Waals surface area contributed by atoms with E-state index in [1.54, 1.807) is 31.3 Å². The molecule has 2 N–H and O–H groups in total. The summed E-state index contributed by atoms with van der Waals surface area (Å²) in [6.07, 6.45) is 5.11. The molecule has 13 heteroatoms. The molecule has 2 aromatic carbocycles. The summed E-state index contributed by atoms with van der Waals surface area (Å²) in [4.78, 5) is 14.1. The molecule has 268 valence electrons. The summed E-state index contributed by atoms with van der Waals surface area (Å²) < 4.78 is 51.9. The Balaban J connectivity index is 1.19. The number of likely N-dealkylation sites (tertiary alicyclic amines) is 1. The van der Waals surface area contributed by atoms with Crippen molar-refractivity contribution in [2.75, 3.05) is 70.7 Å². The molecular formula is C38H42F2N6O5. The number of benzene rings is 2. The van der Waals surface area contributed by atoms with Gasteiger partial charge >= 0.3 is 6.01 Å². The molecule has 0 amide bonds. The second-order valence-electron chi connectivity index (χ2n) is 15.5. The van der Waals surface area contributed by atoms with E-state index in [2.05, 4.69) is 10.00 Å². The van der Waals surface area contributed by atoms with Gasteiger partial charge in [0.2, 0.25) is 0 Å². The van der Waals surface area contributed by atoms with Crippen molar-refractivity contribution in [3.63, 3.8) is 0 Å². The van der Waals surface area contributed by atoms with Crippen LogP contribution in [0.5, 0.6) is 11.8 Å². The number of nitrogens with zero attached hydrogens (tertiary/aromatic N) is 6. The highest BCUT2D eigenvalue weighted by molar-refractivity contribution is 6.07. The first-order valence-corrected chi connectivity index (χ1v) is 17.9. The monoisotopic (exact) mass is 700 g/mol. The molecule has 1 unspecified atom stereocenters. The van der Waals surface area contributed by atoms with Crippen molar-refractivity contribution in [1.82, 2.24) is 24.5 Å². The van der Waals surface area contributed by atoms with Crippen LogP contribution in [0.15, 0.2) is 36.5 Å². The number of aliphatic hydroxyl groups is 1. The van der Waals surface area contributed by atoms with Crippen LogP contribution in [0.4, 0.5) is 14.6 Å². The van der Waals surface area contributed by atoms with Crippen LogP contribution in [0.1, 0.15) is 38.7 Å². The van der Waals surface area contributed by atoms with Crippen LogP contribution in [0.25, 0.3) is 38.4 Å². The molecule has 1 spiro atoms. The van der Waals surface area contributed by atoms with Crippen LogP contribution in [0.2, 0.25) is 0 Å². The number of ether oxygens (including phenoxy) is 3. The zero-order chi connectivity index (χ0) is 35.1. The van der Waals surface area contributed by atoms with E-state index < -0.39 is 17.2 Å². The van der Waals surface area contributed by atoms with Crippen LogP contribution < -0.4 is 9.64 Å². The van der Waals surface area contributed by atoms with Gasteiger partial charge in [0, 0.05) is 36.0 Å². The smallest absolute Gasteiger partial charge is 0.319 e. The third-order valence-corrected chi connectivity index (χ3v) is 11.3. The second kappa shape index (κ2) is 11.9. The van der Waals surface area contributed by atoms with Gasteiger partial charge in [-0.15, -0.1) is 0 Å². The maximum atomic E-state index is 17.5. The van der Waals surface area contributed by atoms with Gasteiger partial charge in [-0.2, -0.15) is 15.1 Å². The van der Waals surface area contributed by atoms with Crippen molar-refractivity contribution < 1.29 is 33.2 Å². The summed E-state index contributed by atoms with van der Waals surface area (Å²) in [6.45, 7) is 9.64. The molecule has 51 heavy (non-hydrogen) atoms. The minimum Gasteiger partial charge on any atom is -0.508 e. The topological polar surface area (TPSA) is 118 Å². The molecule has 3 aromatic heterocycles. The lowest BCUT2D eigenvalue weighted by molar-refractivity contribution is -0.105. The fraction of sp³-hybridized carbons (Fsp3) is 0.500. The van der Waals surface area contributed by atoms with Crippen molar-refractivity contribution in [1.29, 1.82) is 0 Å². The Morgan fingerprint density at radius 1 is 0.980 bits per heavy atom. The van der Waals surface area contributed by atoms with Crippen LogP contribution in [-0.2, 0) is 15.9 Å². The highest BCUT2D eigenvalue weighted by Crippen LogP contribution is 2.49. The third kappa shape index (κ3) is 5.65. The number of aromatic hydroxyl groups is 1. The number of halogens is 2. The lowest BCUT2D eigenvalue weighted by Crippen LogP contribution is -2.45. The highest BCUT2D eigenvalue weighted by Gasteiger charge is 2.50. The minimum atomic E-state index is -1.19. The molecule has 3 aliphatic heterocycles. The lowest BCUT2D eigenvalue weighted by Gasteiger charge is -2.38. The molecule has 9 rings (SSSR count). The summed E-state index contributed by atoms with van der Waals surface area (Å²) in [6, 6.07) is 7.74. The Morgan fingerprint density at radius 3 is 2.57 bits per heavy atom. The number of hydrogen-bond acceptors (Lipinski definition) is 10. The van der Waals surface area contributed by atoms with Gasteiger partial charge in [0.1, 0.15) is 34.2 Å². The Hall–Kier alpha value is -4.17. The standard InChI is InChI=1S/C38H42F2N6O5/c1-3-25-27(39)5-4-23-14-24(47)15-26(29(23)25)33-31(40)32-30(28-6-10-41-46(28)33)34(45-12-13-49-19-36(2,48)16-45)43-35(42-32)51-22-37(7-8-37)17-44-11-9-38(18-44)20-50-21-38/h4-6,10,14-15,47-48H,3,7-9,11-13,16-22H2,1-2H3. The van der Waals surface area contributed by atoms with Gasteiger partial charge in [-0.25, -0.2) is 13.3 Å². The molecule has 1 aliphatic carbocycles. The summed E-state index contributed by atoms with van der Waals surface area (Å²) in [7, 11) is 0. The first-order chi connectivity index (χ1) is 24.6. The van der Waals surface area contributed by atoms with E-state index >= 15 is 8.78 Å². The lowest BCUT2D eigenvalue weighted by atomic mass is 9.85. The summed E-state index contributed by atoms with van der Waals surface area (Å²) in [5.74, 6) is -0.815. The van der Waals surface area contributed by atoms with Crippen molar-refractivity contribution >= 4 is 33.0 Å². The molecule has 11 nitrogen and oxygen atoms in total. The molecule has 5 aromatic rings. The number of aromatic nitrogens is 4. The zero-order valence-corrected chi connectivity index (χ0v) is 28.9. The number of rotatable bonds is 8. The maximum absolute atomic E-state index is 17.5. The van der Waals surface area contributed by atoms with Gasteiger partial charge in [0.15, 0.2) is 5.82 Å². The third-order valence-electron chi connectivity index (χ3n) is 11.3. The van der Waals surface area contributed by atoms with Crippen LogP contribution in [0.3, 0.4) is 0 Å². The Labute approximate surface area is 293 Å². The molecular weight excluding hydrogens is 658 g/mol. The number of β-amino-alcohol motifs (C(OH)–C–C–N with tert-alkyl or cyclic N) is 1. The zero-order valence-electron chi connectivity index (χ0n) is 28.9. The molecule has 6 heterocycles. The normalized spacial score (nSPS) is 23.0. The molecule has 4 fully saturated rings. The van der Waals surface area contributed by atoms with E-state index in [-0.39, 0.29) is 41.5 Å². The van der Waals surface area contributed by atoms with Crippen molar-refractivity contribution in [3.8, 4) is 23.0 Å². The molecule has 1 saturated carbocycles. The predicted molar refractivity (Wildman–Crippen MR) is 187 cm³/mol. The Kier molecular flexibility index (Phi) is 7.66. The number of anilines is 1. The first kappa shape index (κ1) is 32.7.